The summed E-state index contributed by atoms with van der Waals surface area (Å²) < 4.78 is 36.1. The predicted molar refractivity (Wildman–Crippen MR) is 62.8 cm³/mol. The average Bonchev–Trinajstić information content (AvgIpc) is 2.65. The van der Waals surface area contributed by atoms with Gasteiger partial charge in [0.25, 0.3) is 5.91 Å². The predicted octanol–water partition coefficient (Wildman–Crippen LogP) is 2.27. The molecule has 7 heteroatoms. The van der Waals surface area contributed by atoms with Crippen molar-refractivity contribution in [1.82, 2.24) is 5.32 Å². The van der Waals surface area contributed by atoms with Gasteiger partial charge in [-0.05, 0) is 25.0 Å². The molecule has 1 atom stereocenters. The molecular weight excluding hydrogens is 267 g/mol. The van der Waals surface area contributed by atoms with Gasteiger partial charge in [-0.3, -0.25) is 4.79 Å². The fourth-order valence-electron chi connectivity index (χ4n) is 1.37. The molecule has 0 fully saturated rings. The summed E-state index contributed by atoms with van der Waals surface area (Å²) in [6.07, 6.45) is -6.48. The Labute approximate surface area is 107 Å². The Morgan fingerprint density at radius 1 is 1.56 bits per heavy atom. The summed E-state index contributed by atoms with van der Waals surface area (Å²) in [6.45, 7) is 2.95. The zero-order valence-electron chi connectivity index (χ0n) is 9.97. The molecule has 0 radical (unpaired) electrons. The van der Waals surface area contributed by atoms with Gasteiger partial charge in [-0.15, -0.1) is 11.3 Å². The van der Waals surface area contributed by atoms with Crippen LogP contribution in [0.25, 0.3) is 0 Å². The Hall–Kier alpha value is -1.08. The highest BCUT2D eigenvalue weighted by Crippen LogP contribution is 2.23. The lowest BCUT2D eigenvalue weighted by atomic mass is 10.2. The summed E-state index contributed by atoms with van der Waals surface area (Å²) in [5, 5.41) is 10.8. The number of aliphatic hydroxyl groups excluding tert-OH is 1. The third-order valence-electron chi connectivity index (χ3n) is 2.40. The Bertz CT molecular complexity index is 428. The molecule has 1 aromatic heterocycles. The van der Waals surface area contributed by atoms with E-state index < -0.39 is 24.7 Å². The van der Waals surface area contributed by atoms with Crippen LogP contribution in [0.5, 0.6) is 0 Å². The SMILES string of the molecule is CCc1sc(C(=O)NCC(O)C(F)(F)F)cc1C. The molecule has 0 saturated carbocycles. The molecule has 1 rings (SSSR count). The van der Waals surface area contributed by atoms with E-state index in [1.54, 1.807) is 6.07 Å². The highest BCUT2D eigenvalue weighted by molar-refractivity contribution is 7.14. The molecule has 0 saturated heterocycles. The van der Waals surface area contributed by atoms with Crippen molar-refractivity contribution in [2.75, 3.05) is 6.54 Å². The maximum Gasteiger partial charge on any atom is 0.416 e. The second kappa shape index (κ2) is 5.71. The van der Waals surface area contributed by atoms with Crippen molar-refractivity contribution in [1.29, 1.82) is 0 Å². The van der Waals surface area contributed by atoms with Crippen molar-refractivity contribution < 1.29 is 23.1 Å². The first-order valence-electron chi connectivity index (χ1n) is 5.38. The summed E-state index contributed by atoms with van der Waals surface area (Å²) in [5.74, 6) is -0.592. The number of carbonyl (C=O) groups excluding carboxylic acids is 1. The third-order valence-corrected chi connectivity index (χ3v) is 3.78. The van der Waals surface area contributed by atoms with Crippen molar-refractivity contribution in [3.05, 3.63) is 21.4 Å². The van der Waals surface area contributed by atoms with Gasteiger partial charge in [-0.1, -0.05) is 6.92 Å². The minimum absolute atomic E-state index is 0.360. The molecular formula is C11H14F3NO2S. The summed E-state index contributed by atoms with van der Waals surface area (Å²) >= 11 is 1.25. The van der Waals surface area contributed by atoms with E-state index in [4.69, 9.17) is 5.11 Å². The normalized spacial score (nSPS) is 13.4. The Morgan fingerprint density at radius 2 is 2.17 bits per heavy atom. The summed E-state index contributed by atoms with van der Waals surface area (Å²) in [6, 6.07) is 1.64. The van der Waals surface area contributed by atoms with Crippen molar-refractivity contribution in [3.8, 4) is 0 Å². The molecule has 1 amide bonds. The van der Waals surface area contributed by atoms with Gasteiger partial charge in [0.2, 0.25) is 0 Å². The Morgan fingerprint density at radius 3 is 2.61 bits per heavy atom. The van der Waals surface area contributed by atoms with Crippen LogP contribution in [-0.2, 0) is 6.42 Å². The topological polar surface area (TPSA) is 49.3 Å². The van der Waals surface area contributed by atoms with Crippen molar-refractivity contribution in [2.24, 2.45) is 0 Å². The van der Waals surface area contributed by atoms with Crippen LogP contribution in [-0.4, -0.2) is 29.8 Å². The molecule has 0 aromatic carbocycles. The van der Waals surface area contributed by atoms with Crippen LogP contribution in [0.15, 0.2) is 6.07 Å². The minimum atomic E-state index is -4.72. The summed E-state index contributed by atoms with van der Waals surface area (Å²) in [5.41, 5.74) is 0.948. The van der Waals surface area contributed by atoms with E-state index >= 15 is 0 Å². The number of rotatable bonds is 4. The number of thiophene rings is 1. The number of halogens is 3. The largest absolute Gasteiger partial charge is 0.416 e. The molecule has 1 aromatic rings. The molecule has 1 heterocycles. The summed E-state index contributed by atoms with van der Waals surface area (Å²) in [7, 11) is 0. The van der Waals surface area contributed by atoms with Gasteiger partial charge in [0.15, 0.2) is 6.10 Å². The van der Waals surface area contributed by atoms with Crippen LogP contribution in [0, 0.1) is 6.92 Å². The fraction of sp³-hybridized carbons (Fsp3) is 0.545. The van der Waals surface area contributed by atoms with Crippen LogP contribution < -0.4 is 5.32 Å². The first-order chi connectivity index (χ1) is 8.25. The molecule has 2 N–H and O–H groups in total. The molecule has 1 unspecified atom stereocenters. The summed E-state index contributed by atoms with van der Waals surface area (Å²) in [4.78, 5) is 13.0. The standard InChI is InChI=1S/C11H14F3NO2S/c1-3-7-6(2)4-8(18-7)10(17)15-5-9(16)11(12,13)14/h4,9,16H,3,5H2,1-2H3,(H,15,17). The van der Waals surface area contributed by atoms with Crippen molar-refractivity contribution in [2.45, 2.75) is 32.5 Å². The van der Waals surface area contributed by atoms with E-state index in [1.807, 2.05) is 13.8 Å². The smallest absolute Gasteiger partial charge is 0.382 e. The quantitative estimate of drug-likeness (QED) is 0.889. The number of hydrogen-bond donors (Lipinski definition) is 2. The van der Waals surface area contributed by atoms with Crippen LogP contribution >= 0.6 is 11.3 Å². The lowest BCUT2D eigenvalue weighted by Gasteiger charge is -2.14. The lowest BCUT2D eigenvalue weighted by molar-refractivity contribution is -0.201. The van der Waals surface area contributed by atoms with Gasteiger partial charge in [0, 0.05) is 4.88 Å². The van der Waals surface area contributed by atoms with E-state index in [1.165, 1.54) is 11.3 Å². The molecule has 3 nitrogen and oxygen atoms in total. The molecule has 0 aliphatic heterocycles. The van der Waals surface area contributed by atoms with Crippen LogP contribution in [0.3, 0.4) is 0 Å². The highest BCUT2D eigenvalue weighted by Gasteiger charge is 2.38. The van der Waals surface area contributed by atoms with Gasteiger partial charge in [0.1, 0.15) is 0 Å². The second-order valence-electron chi connectivity index (χ2n) is 3.84. The van der Waals surface area contributed by atoms with Crippen molar-refractivity contribution in [3.63, 3.8) is 0 Å². The van der Waals surface area contributed by atoms with E-state index in [-0.39, 0.29) is 0 Å². The molecule has 0 bridgehead atoms. The maximum atomic E-state index is 12.0. The van der Waals surface area contributed by atoms with Gasteiger partial charge in [0.05, 0.1) is 11.4 Å². The number of amides is 1. The zero-order chi connectivity index (χ0) is 13.9. The highest BCUT2D eigenvalue weighted by atomic mass is 32.1. The van der Waals surface area contributed by atoms with E-state index in [0.29, 0.717) is 4.88 Å². The van der Waals surface area contributed by atoms with Gasteiger partial charge in [-0.2, -0.15) is 13.2 Å². The zero-order valence-corrected chi connectivity index (χ0v) is 10.8. The average molecular weight is 281 g/mol. The molecule has 0 spiro atoms. The molecule has 0 aliphatic rings. The molecule has 102 valence electrons. The fourth-order valence-corrected chi connectivity index (χ4v) is 2.41. The molecule has 0 aliphatic carbocycles. The lowest BCUT2D eigenvalue weighted by Crippen LogP contribution is -2.40. The number of carbonyl (C=O) groups is 1. The maximum absolute atomic E-state index is 12.0. The van der Waals surface area contributed by atoms with Crippen LogP contribution in [0.2, 0.25) is 0 Å². The minimum Gasteiger partial charge on any atom is -0.382 e. The van der Waals surface area contributed by atoms with E-state index in [2.05, 4.69) is 5.32 Å². The van der Waals surface area contributed by atoms with Crippen molar-refractivity contribution >= 4 is 17.2 Å². The number of aryl methyl sites for hydroxylation is 2. The molecule has 18 heavy (non-hydrogen) atoms. The Balaban J connectivity index is 2.60. The van der Waals surface area contributed by atoms with E-state index in [9.17, 15) is 18.0 Å². The number of aliphatic hydroxyl groups is 1. The van der Waals surface area contributed by atoms with Crippen LogP contribution in [0.4, 0.5) is 13.2 Å². The van der Waals surface area contributed by atoms with Crippen LogP contribution in [0.1, 0.15) is 27.0 Å². The first kappa shape index (κ1) is 15.0. The number of alkyl halides is 3. The van der Waals surface area contributed by atoms with Gasteiger partial charge < -0.3 is 10.4 Å². The van der Waals surface area contributed by atoms with Gasteiger partial charge in [-0.25, -0.2) is 0 Å². The second-order valence-corrected chi connectivity index (χ2v) is 4.97. The van der Waals surface area contributed by atoms with Gasteiger partial charge >= 0.3 is 6.18 Å². The number of hydrogen-bond acceptors (Lipinski definition) is 3. The first-order valence-corrected chi connectivity index (χ1v) is 6.19. The number of nitrogens with one attached hydrogen (secondary N) is 1. The monoisotopic (exact) mass is 281 g/mol. The Kier molecular flexibility index (Phi) is 4.75. The van der Waals surface area contributed by atoms with E-state index in [0.717, 1.165) is 16.9 Å². The third kappa shape index (κ3) is 3.71.